The second-order valence-electron chi connectivity index (χ2n) is 6.66. The van der Waals surface area contributed by atoms with E-state index in [9.17, 15) is 14.7 Å². The van der Waals surface area contributed by atoms with Crippen molar-refractivity contribution in [1.82, 2.24) is 9.55 Å². The molecule has 1 amide bonds. The molecule has 0 bridgehead atoms. The molecule has 7 nitrogen and oxygen atoms in total. The summed E-state index contributed by atoms with van der Waals surface area (Å²) in [6, 6.07) is 19.4. The first-order valence-electron chi connectivity index (χ1n) is 9.28. The topological polar surface area (TPSA) is 93.4 Å². The maximum atomic E-state index is 13.2. The van der Waals surface area contributed by atoms with Crippen molar-refractivity contribution in [2.24, 2.45) is 0 Å². The van der Waals surface area contributed by atoms with Crippen LogP contribution in [0.1, 0.15) is 15.9 Å². The number of aromatic nitrogens is 2. The maximum absolute atomic E-state index is 13.2. The summed E-state index contributed by atoms with van der Waals surface area (Å²) in [5, 5.41) is 13.7. The van der Waals surface area contributed by atoms with E-state index in [1.165, 1.54) is 11.7 Å². The molecule has 4 rings (SSSR count). The largest absolute Gasteiger partial charge is 0.506 e. The third kappa shape index (κ3) is 3.60. The Morgan fingerprint density at radius 1 is 1.10 bits per heavy atom. The average molecular weight is 401 g/mol. The second kappa shape index (κ2) is 8.08. The number of amides is 1. The zero-order valence-electron chi connectivity index (χ0n) is 16.2. The van der Waals surface area contributed by atoms with Gasteiger partial charge in [-0.05, 0) is 29.8 Å². The van der Waals surface area contributed by atoms with Gasteiger partial charge in [-0.1, -0.05) is 36.4 Å². The molecule has 150 valence electrons. The lowest BCUT2D eigenvalue weighted by atomic mass is 10.1. The summed E-state index contributed by atoms with van der Waals surface area (Å²) in [6.07, 6.45) is 1.54. The smallest absolute Gasteiger partial charge is 0.269 e. The molecule has 0 aliphatic rings. The minimum atomic E-state index is -0.710. The molecule has 0 atom stereocenters. The predicted molar refractivity (Wildman–Crippen MR) is 114 cm³/mol. The van der Waals surface area contributed by atoms with Crippen molar-refractivity contribution in [3.8, 4) is 11.5 Å². The monoisotopic (exact) mass is 401 g/mol. The van der Waals surface area contributed by atoms with Gasteiger partial charge in [0.25, 0.3) is 11.5 Å². The lowest BCUT2D eigenvalue weighted by molar-refractivity contribution is 0.102. The van der Waals surface area contributed by atoms with Gasteiger partial charge in [0.15, 0.2) is 0 Å². The molecule has 0 spiro atoms. The Bertz CT molecular complexity index is 1280. The highest BCUT2D eigenvalue weighted by Crippen LogP contribution is 2.26. The lowest BCUT2D eigenvalue weighted by Crippen LogP contribution is -2.30. The number of benzene rings is 2. The number of nitrogens with zero attached hydrogens (tertiary/aromatic N) is 2. The second-order valence-corrected chi connectivity index (χ2v) is 6.66. The van der Waals surface area contributed by atoms with Gasteiger partial charge >= 0.3 is 0 Å². The Balaban J connectivity index is 1.83. The third-order valence-corrected chi connectivity index (χ3v) is 4.73. The molecule has 4 aromatic rings. The molecule has 0 aliphatic carbocycles. The summed E-state index contributed by atoms with van der Waals surface area (Å²) in [4.78, 5) is 30.5. The van der Waals surface area contributed by atoms with Crippen LogP contribution in [-0.4, -0.2) is 27.7 Å². The zero-order valence-corrected chi connectivity index (χ0v) is 16.2. The van der Waals surface area contributed by atoms with E-state index in [1.807, 2.05) is 30.3 Å². The van der Waals surface area contributed by atoms with Gasteiger partial charge in [0.1, 0.15) is 22.7 Å². The van der Waals surface area contributed by atoms with Gasteiger partial charge in [0.05, 0.1) is 19.0 Å². The quantitative estimate of drug-likeness (QED) is 0.535. The molecule has 2 aromatic carbocycles. The molecule has 0 saturated heterocycles. The summed E-state index contributed by atoms with van der Waals surface area (Å²) >= 11 is 0. The van der Waals surface area contributed by atoms with Crippen LogP contribution in [0.4, 0.5) is 5.69 Å². The van der Waals surface area contributed by atoms with E-state index in [2.05, 4.69) is 10.3 Å². The first kappa shape index (κ1) is 19.2. The van der Waals surface area contributed by atoms with Crippen molar-refractivity contribution in [2.45, 2.75) is 6.54 Å². The van der Waals surface area contributed by atoms with Crippen LogP contribution in [0.25, 0.3) is 11.0 Å². The number of anilines is 1. The molecule has 0 unspecified atom stereocenters. The van der Waals surface area contributed by atoms with E-state index in [1.54, 1.807) is 42.6 Å². The number of hydrogen-bond donors (Lipinski definition) is 2. The summed E-state index contributed by atoms with van der Waals surface area (Å²) in [7, 11) is 1.52. The number of rotatable bonds is 5. The molecular formula is C23H19N3O4. The minimum Gasteiger partial charge on any atom is -0.506 e. The zero-order chi connectivity index (χ0) is 21.1. The Morgan fingerprint density at radius 2 is 1.90 bits per heavy atom. The van der Waals surface area contributed by atoms with Gasteiger partial charge in [-0.15, -0.1) is 0 Å². The molecule has 2 heterocycles. The summed E-state index contributed by atoms with van der Waals surface area (Å²) < 4.78 is 6.55. The molecule has 2 aromatic heterocycles. The Hall–Kier alpha value is -4.13. The molecule has 2 N–H and O–H groups in total. The Labute approximate surface area is 172 Å². The number of aromatic hydroxyl groups is 1. The van der Waals surface area contributed by atoms with Crippen LogP contribution in [0.15, 0.2) is 77.7 Å². The first-order valence-corrected chi connectivity index (χ1v) is 9.28. The van der Waals surface area contributed by atoms with Gasteiger partial charge in [0.2, 0.25) is 0 Å². The lowest BCUT2D eigenvalue weighted by Gasteiger charge is -2.14. The fourth-order valence-corrected chi connectivity index (χ4v) is 3.28. The number of pyridine rings is 2. The molecule has 7 heteroatoms. The van der Waals surface area contributed by atoms with E-state index in [4.69, 9.17) is 4.74 Å². The summed E-state index contributed by atoms with van der Waals surface area (Å²) in [6.45, 7) is 0.215. The van der Waals surface area contributed by atoms with Gasteiger partial charge in [-0.3, -0.25) is 14.2 Å². The predicted octanol–water partition coefficient (Wildman–Crippen LogP) is 3.41. The van der Waals surface area contributed by atoms with Crippen molar-refractivity contribution in [3.63, 3.8) is 0 Å². The summed E-state index contributed by atoms with van der Waals surface area (Å²) in [5.74, 6) is -0.549. The number of carbonyl (C=O) groups is 1. The van der Waals surface area contributed by atoms with Gasteiger partial charge < -0.3 is 15.2 Å². The van der Waals surface area contributed by atoms with Crippen molar-refractivity contribution < 1.29 is 14.6 Å². The first-order chi connectivity index (χ1) is 14.6. The number of ether oxygens (including phenoxy) is 1. The van der Waals surface area contributed by atoms with Gasteiger partial charge in [0, 0.05) is 18.0 Å². The third-order valence-electron chi connectivity index (χ3n) is 4.73. The number of hydrogen-bond acceptors (Lipinski definition) is 5. The molecule has 0 fully saturated rings. The number of methoxy groups -OCH3 is 1. The molecule has 0 radical (unpaired) electrons. The van der Waals surface area contributed by atoms with Crippen molar-refractivity contribution in [3.05, 3.63) is 94.4 Å². The van der Waals surface area contributed by atoms with E-state index in [0.717, 1.165) is 5.56 Å². The Kier molecular flexibility index (Phi) is 5.17. The highest BCUT2D eigenvalue weighted by Gasteiger charge is 2.23. The SMILES string of the molecule is COc1cccc(NC(=O)c2c(O)c3cccnc3n(Cc3ccccc3)c2=O)c1. The average Bonchev–Trinajstić information content (AvgIpc) is 2.77. The molecule has 30 heavy (non-hydrogen) atoms. The number of carbonyl (C=O) groups excluding carboxylic acids is 1. The van der Waals surface area contributed by atoms with Crippen LogP contribution >= 0.6 is 0 Å². The van der Waals surface area contributed by atoms with E-state index < -0.39 is 17.2 Å². The van der Waals surface area contributed by atoms with Gasteiger partial charge in [-0.25, -0.2) is 4.98 Å². The van der Waals surface area contributed by atoms with Crippen LogP contribution in [-0.2, 0) is 6.54 Å². The van der Waals surface area contributed by atoms with E-state index in [0.29, 0.717) is 22.5 Å². The number of nitrogens with one attached hydrogen (secondary N) is 1. The maximum Gasteiger partial charge on any atom is 0.269 e. The van der Waals surface area contributed by atoms with Crippen molar-refractivity contribution in [2.75, 3.05) is 12.4 Å². The number of fused-ring (bicyclic) bond motifs is 1. The van der Waals surface area contributed by atoms with Crippen LogP contribution in [0, 0.1) is 0 Å². The fraction of sp³-hybridized carbons (Fsp3) is 0.0870. The highest BCUT2D eigenvalue weighted by molar-refractivity contribution is 6.08. The van der Waals surface area contributed by atoms with E-state index >= 15 is 0 Å². The van der Waals surface area contributed by atoms with Crippen molar-refractivity contribution >= 4 is 22.6 Å². The van der Waals surface area contributed by atoms with Crippen LogP contribution in [0.3, 0.4) is 0 Å². The normalized spacial score (nSPS) is 10.7. The highest BCUT2D eigenvalue weighted by atomic mass is 16.5. The van der Waals surface area contributed by atoms with Crippen LogP contribution < -0.4 is 15.6 Å². The minimum absolute atomic E-state index is 0.215. The molecule has 0 aliphatic heterocycles. The Morgan fingerprint density at radius 3 is 2.67 bits per heavy atom. The van der Waals surface area contributed by atoms with Crippen molar-refractivity contribution in [1.29, 1.82) is 0 Å². The fourth-order valence-electron chi connectivity index (χ4n) is 3.28. The summed E-state index contributed by atoms with van der Waals surface area (Å²) in [5.41, 5.74) is 0.662. The molecular weight excluding hydrogens is 382 g/mol. The van der Waals surface area contributed by atoms with Crippen LogP contribution in [0.2, 0.25) is 0 Å². The van der Waals surface area contributed by atoms with E-state index in [-0.39, 0.29) is 12.1 Å². The van der Waals surface area contributed by atoms with Gasteiger partial charge in [-0.2, -0.15) is 0 Å². The van der Waals surface area contributed by atoms with Crippen LogP contribution in [0.5, 0.6) is 11.5 Å². The molecule has 0 saturated carbocycles. The standard InChI is InChI=1S/C23H19N3O4/c1-30-17-10-5-9-16(13-17)25-22(28)19-20(27)18-11-6-12-24-21(18)26(23(19)29)14-15-7-3-2-4-8-15/h2-13,27H,14H2,1H3,(H,25,28).